The number of methoxy groups -OCH3 is 2. The van der Waals surface area contributed by atoms with Crippen LogP contribution in [0, 0.1) is 0 Å². The molecule has 7 heteroatoms. The van der Waals surface area contributed by atoms with Crippen LogP contribution in [-0.4, -0.2) is 38.3 Å². The summed E-state index contributed by atoms with van der Waals surface area (Å²) in [4.78, 5) is 25.3. The van der Waals surface area contributed by atoms with Gasteiger partial charge in [0.1, 0.15) is 11.5 Å². The molecule has 0 heterocycles. The zero-order valence-corrected chi connectivity index (χ0v) is 18.9. The normalized spacial score (nSPS) is 11.1. The van der Waals surface area contributed by atoms with Crippen molar-refractivity contribution in [2.24, 2.45) is 5.10 Å². The molecule has 0 aromatic heterocycles. The molecule has 3 aromatic carbocycles. The number of nitrogens with one attached hydrogen (secondary N) is 2. The molecule has 0 saturated heterocycles. The van der Waals surface area contributed by atoms with Crippen LogP contribution in [0.15, 0.2) is 84.0 Å². The molecule has 33 heavy (non-hydrogen) atoms. The molecular weight excluding hydrogens is 418 g/mol. The Bertz CT molecular complexity index is 1080. The van der Waals surface area contributed by atoms with Gasteiger partial charge in [-0.2, -0.15) is 5.10 Å². The lowest BCUT2D eigenvalue weighted by molar-refractivity contribution is -0.126. The summed E-state index contributed by atoms with van der Waals surface area (Å²) in [5.74, 6) is 0.0115. The molecule has 0 spiro atoms. The Labute approximate surface area is 193 Å². The van der Waals surface area contributed by atoms with Gasteiger partial charge in [0.2, 0.25) is 5.91 Å². The van der Waals surface area contributed by atoms with Crippen molar-refractivity contribution in [3.8, 4) is 11.5 Å². The van der Waals surface area contributed by atoms with Gasteiger partial charge >= 0.3 is 0 Å². The van der Waals surface area contributed by atoms with Crippen molar-refractivity contribution >= 4 is 17.5 Å². The summed E-state index contributed by atoms with van der Waals surface area (Å²) in [5, 5.41) is 6.86. The lowest BCUT2D eigenvalue weighted by atomic mass is 9.90. The second-order valence-electron chi connectivity index (χ2n) is 7.27. The largest absolute Gasteiger partial charge is 0.497 e. The van der Waals surface area contributed by atoms with Crippen LogP contribution in [0.5, 0.6) is 11.5 Å². The van der Waals surface area contributed by atoms with E-state index in [1.54, 1.807) is 39.3 Å². The standard InChI is InChI=1S/C26H27N3O4/c1-18(22-15-14-21(32-2)16-23(22)33-3)28-29-24(30)17-27-26(31)25(19-10-6-4-7-11-19)20-12-8-5-9-13-20/h4-16,25H,17H2,1-3H3,(H,27,31)(H,29,30). The Morgan fingerprint density at radius 2 is 1.48 bits per heavy atom. The number of benzene rings is 3. The molecule has 2 N–H and O–H groups in total. The maximum atomic E-state index is 13.0. The van der Waals surface area contributed by atoms with E-state index in [0.29, 0.717) is 17.2 Å². The zero-order valence-electron chi connectivity index (χ0n) is 18.9. The summed E-state index contributed by atoms with van der Waals surface area (Å²) in [6, 6.07) is 24.2. The molecular formula is C26H27N3O4. The third kappa shape index (κ3) is 6.20. The Kier molecular flexibility index (Phi) is 8.18. The van der Waals surface area contributed by atoms with Crippen molar-refractivity contribution in [2.75, 3.05) is 20.8 Å². The first-order valence-corrected chi connectivity index (χ1v) is 10.5. The van der Waals surface area contributed by atoms with Gasteiger partial charge in [0.25, 0.3) is 5.91 Å². The van der Waals surface area contributed by atoms with E-state index < -0.39 is 11.8 Å². The smallest absolute Gasteiger partial charge is 0.259 e. The average molecular weight is 446 g/mol. The minimum Gasteiger partial charge on any atom is -0.497 e. The quantitative estimate of drug-likeness (QED) is 0.390. The molecule has 0 atom stereocenters. The molecule has 7 nitrogen and oxygen atoms in total. The minimum atomic E-state index is -0.519. The Morgan fingerprint density at radius 1 is 0.879 bits per heavy atom. The maximum absolute atomic E-state index is 13.0. The highest BCUT2D eigenvalue weighted by molar-refractivity contribution is 6.02. The van der Waals surface area contributed by atoms with Gasteiger partial charge < -0.3 is 14.8 Å². The molecule has 0 fully saturated rings. The fraction of sp³-hybridized carbons (Fsp3) is 0.192. The van der Waals surface area contributed by atoms with Crippen LogP contribution in [-0.2, 0) is 9.59 Å². The van der Waals surface area contributed by atoms with Crippen LogP contribution in [0.3, 0.4) is 0 Å². The second-order valence-corrected chi connectivity index (χ2v) is 7.27. The highest BCUT2D eigenvalue weighted by atomic mass is 16.5. The van der Waals surface area contributed by atoms with Crippen LogP contribution in [0.4, 0.5) is 0 Å². The monoisotopic (exact) mass is 445 g/mol. The first-order valence-electron chi connectivity index (χ1n) is 10.5. The molecule has 0 unspecified atom stereocenters. The molecule has 0 aliphatic carbocycles. The molecule has 170 valence electrons. The van der Waals surface area contributed by atoms with Crippen LogP contribution in [0.25, 0.3) is 0 Å². The van der Waals surface area contributed by atoms with Crippen molar-refractivity contribution in [2.45, 2.75) is 12.8 Å². The number of amides is 2. The van der Waals surface area contributed by atoms with Crippen molar-refractivity contribution in [3.63, 3.8) is 0 Å². The highest BCUT2D eigenvalue weighted by Crippen LogP contribution is 2.25. The van der Waals surface area contributed by atoms with Crippen molar-refractivity contribution in [1.82, 2.24) is 10.7 Å². The predicted octanol–water partition coefficient (Wildman–Crippen LogP) is 3.49. The lowest BCUT2D eigenvalue weighted by Gasteiger charge is -2.17. The van der Waals surface area contributed by atoms with Gasteiger partial charge in [-0.25, -0.2) is 5.43 Å². The summed E-state index contributed by atoms with van der Waals surface area (Å²) >= 11 is 0. The molecule has 0 radical (unpaired) electrons. The lowest BCUT2D eigenvalue weighted by Crippen LogP contribution is -2.38. The Hall–Kier alpha value is -4.13. The predicted molar refractivity (Wildman–Crippen MR) is 128 cm³/mol. The van der Waals surface area contributed by atoms with Crippen LogP contribution >= 0.6 is 0 Å². The van der Waals surface area contributed by atoms with Crippen LogP contribution in [0.2, 0.25) is 0 Å². The number of rotatable bonds is 9. The van der Waals surface area contributed by atoms with E-state index in [0.717, 1.165) is 16.7 Å². The maximum Gasteiger partial charge on any atom is 0.259 e. The summed E-state index contributed by atoms with van der Waals surface area (Å²) in [5.41, 5.74) is 5.45. The van der Waals surface area contributed by atoms with Crippen molar-refractivity contribution < 1.29 is 19.1 Å². The third-order valence-electron chi connectivity index (χ3n) is 5.10. The first kappa shape index (κ1) is 23.5. The van der Waals surface area contributed by atoms with E-state index in [2.05, 4.69) is 15.8 Å². The van der Waals surface area contributed by atoms with Gasteiger partial charge in [0, 0.05) is 11.6 Å². The van der Waals surface area contributed by atoms with E-state index in [1.165, 1.54) is 0 Å². The fourth-order valence-electron chi connectivity index (χ4n) is 3.40. The summed E-state index contributed by atoms with van der Waals surface area (Å²) in [6.07, 6.45) is 0. The fourth-order valence-corrected chi connectivity index (χ4v) is 3.40. The molecule has 2 amide bonds. The van der Waals surface area contributed by atoms with Crippen LogP contribution < -0.4 is 20.2 Å². The van der Waals surface area contributed by atoms with Crippen molar-refractivity contribution in [1.29, 1.82) is 0 Å². The topological polar surface area (TPSA) is 89.0 Å². The summed E-state index contributed by atoms with van der Waals surface area (Å²) in [7, 11) is 3.12. The third-order valence-corrected chi connectivity index (χ3v) is 5.10. The van der Waals surface area contributed by atoms with E-state index in [1.807, 2.05) is 60.7 Å². The van der Waals surface area contributed by atoms with Gasteiger partial charge in [-0.1, -0.05) is 60.7 Å². The molecule has 3 rings (SSSR count). The second kappa shape index (κ2) is 11.5. The number of hydrogen-bond acceptors (Lipinski definition) is 5. The number of nitrogens with zero attached hydrogens (tertiary/aromatic N) is 1. The minimum absolute atomic E-state index is 0.203. The SMILES string of the molecule is COc1ccc(C(C)=NNC(=O)CNC(=O)C(c2ccccc2)c2ccccc2)c(OC)c1. The Balaban J connectivity index is 1.65. The van der Waals surface area contributed by atoms with Gasteiger partial charge in [-0.05, 0) is 30.2 Å². The number of ether oxygens (including phenoxy) is 2. The average Bonchev–Trinajstić information content (AvgIpc) is 2.87. The summed E-state index contributed by atoms with van der Waals surface area (Å²) in [6.45, 7) is 1.55. The number of carbonyl (C=O) groups excluding carboxylic acids is 2. The van der Waals surface area contributed by atoms with E-state index in [-0.39, 0.29) is 12.5 Å². The van der Waals surface area contributed by atoms with Crippen molar-refractivity contribution in [3.05, 3.63) is 95.6 Å². The first-order chi connectivity index (χ1) is 16.0. The molecule has 3 aromatic rings. The number of hydrazone groups is 1. The molecule has 0 aliphatic heterocycles. The number of hydrogen-bond donors (Lipinski definition) is 2. The molecule has 0 saturated carbocycles. The van der Waals surface area contributed by atoms with E-state index in [9.17, 15) is 9.59 Å². The van der Waals surface area contributed by atoms with Gasteiger partial charge in [-0.15, -0.1) is 0 Å². The molecule has 0 aliphatic rings. The zero-order chi connectivity index (χ0) is 23.6. The summed E-state index contributed by atoms with van der Waals surface area (Å²) < 4.78 is 10.6. The van der Waals surface area contributed by atoms with Gasteiger partial charge in [-0.3, -0.25) is 9.59 Å². The molecule has 0 bridgehead atoms. The van der Waals surface area contributed by atoms with E-state index >= 15 is 0 Å². The van der Waals surface area contributed by atoms with Crippen LogP contribution in [0.1, 0.15) is 29.5 Å². The number of carbonyl (C=O) groups is 2. The highest BCUT2D eigenvalue weighted by Gasteiger charge is 2.22. The van der Waals surface area contributed by atoms with Gasteiger partial charge in [0.15, 0.2) is 0 Å². The van der Waals surface area contributed by atoms with Gasteiger partial charge in [0.05, 0.1) is 32.4 Å². The van der Waals surface area contributed by atoms with E-state index in [4.69, 9.17) is 9.47 Å². The Morgan fingerprint density at radius 3 is 2.03 bits per heavy atom.